The van der Waals surface area contributed by atoms with Gasteiger partial charge in [0.1, 0.15) is 5.41 Å². The molecule has 5 nitrogen and oxygen atoms in total. The van der Waals surface area contributed by atoms with E-state index in [1.165, 1.54) is 25.9 Å². The van der Waals surface area contributed by atoms with E-state index in [-0.39, 0.29) is 5.91 Å². The minimum atomic E-state index is -0.855. The molecular weight excluding hydrogens is 242 g/mol. The van der Waals surface area contributed by atoms with E-state index in [1.807, 2.05) is 0 Å². The highest BCUT2D eigenvalue weighted by molar-refractivity contribution is 5.85. The number of hydrogen-bond donors (Lipinski definition) is 1. The van der Waals surface area contributed by atoms with Gasteiger partial charge in [-0.25, -0.2) is 0 Å². The van der Waals surface area contributed by atoms with Gasteiger partial charge in [-0.15, -0.1) is 0 Å². The molecule has 0 atom stereocenters. The maximum Gasteiger partial charge on any atom is 0.240 e. The summed E-state index contributed by atoms with van der Waals surface area (Å²) in [4.78, 5) is 14.6. The Morgan fingerprint density at radius 2 is 2.00 bits per heavy atom. The molecule has 0 aromatic heterocycles. The zero-order valence-corrected chi connectivity index (χ0v) is 11.5. The first-order valence-electron chi connectivity index (χ1n) is 7.26. The minimum Gasteiger partial charge on any atom is -0.381 e. The molecule has 106 valence electrons. The van der Waals surface area contributed by atoms with Gasteiger partial charge in [-0.2, -0.15) is 5.26 Å². The van der Waals surface area contributed by atoms with Crippen LogP contribution < -0.4 is 5.32 Å². The summed E-state index contributed by atoms with van der Waals surface area (Å²) < 4.78 is 5.23. The largest absolute Gasteiger partial charge is 0.381 e. The number of carbonyl (C=O) groups is 1. The van der Waals surface area contributed by atoms with Crippen molar-refractivity contribution in [1.29, 1.82) is 5.26 Å². The monoisotopic (exact) mass is 265 g/mol. The highest BCUT2D eigenvalue weighted by Gasteiger charge is 2.40. The Balaban J connectivity index is 1.69. The highest BCUT2D eigenvalue weighted by Crippen LogP contribution is 2.29. The van der Waals surface area contributed by atoms with E-state index in [4.69, 9.17) is 4.74 Å². The summed E-state index contributed by atoms with van der Waals surface area (Å²) in [7, 11) is 0. The van der Waals surface area contributed by atoms with Gasteiger partial charge in [0.05, 0.1) is 6.07 Å². The number of hydrogen-bond acceptors (Lipinski definition) is 4. The standard InChI is InChI=1S/C14H23N3O2/c15-12-14(4-10-19-11-5-14)13(18)16-6-3-9-17-7-1-2-8-17/h1-11H2,(H,16,18). The van der Waals surface area contributed by atoms with Gasteiger partial charge in [0, 0.05) is 19.8 Å². The van der Waals surface area contributed by atoms with Crippen LogP contribution in [0.15, 0.2) is 0 Å². The second kappa shape index (κ2) is 6.88. The Kier molecular flexibility index (Phi) is 5.17. The van der Waals surface area contributed by atoms with E-state index in [9.17, 15) is 10.1 Å². The lowest BCUT2D eigenvalue weighted by molar-refractivity contribution is -0.132. The Morgan fingerprint density at radius 3 is 2.63 bits per heavy atom. The summed E-state index contributed by atoms with van der Waals surface area (Å²) in [5.74, 6) is -0.111. The SMILES string of the molecule is N#CC1(C(=O)NCCCN2CCCC2)CCOCC1. The summed E-state index contributed by atoms with van der Waals surface area (Å²) in [5.41, 5.74) is -0.855. The van der Waals surface area contributed by atoms with Gasteiger partial charge in [-0.05, 0) is 51.7 Å². The zero-order chi connectivity index (χ0) is 13.6. The van der Waals surface area contributed by atoms with Gasteiger partial charge in [0.2, 0.25) is 5.91 Å². The molecule has 19 heavy (non-hydrogen) atoms. The minimum absolute atomic E-state index is 0.111. The second-order valence-electron chi connectivity index (χ2n) is 5.46. The zero-order valence-electron chi connectivity index (χ0n) is 11.5. The van der Waals surface area contributed by atoms with Gasteiger partial charge in [0.25, 0.3) is 0 Å². The highest BCUT2D eigenvalue weighted by atomic mass is 16.5. The fraction of sp³-hybridized carbons (Fsp3) is 0.857. The molecule has 0 aromatic carbocycles. The summed E-state index contributed by atoms with van der Waals surface area (Å²) >= 11 is 0. The van der Waals surface area contributed by atoms with Crippen molar-refractivity contribution in [3.63, 3.8) is 0 Å². The number of nitriles is 1. The van der Waals surface area contributed by atoms with E-state index >= 15 is 0 Å². The van der Waals surface area contributed by atoms with Crippen molar-refractivity contribution in [2.24, 2.45) is 5.41 Å². The average molecular weight is 265 g/mol. The fourth-order valence-electron chi connectivity index (χ4n) is 2.79. The van der Waals surface area contributed by atoms with Crippen molar-refractivity contribution >= 4 is 5.91 Å². The number of nitrogens with one attached hydrogen (secondary N) is 1. The molecule has 0 spiro atoms. The smallest absolute Gasteiger partial charge is 0.240 e. The van der Waals surface area contributed by atoms with Crippen LogP contribution in [0.4, 0.5) is 0 Å². The van der Waals surface area contributed by atoms with Crippen LogP contribution in [-0.2, 0) is 9.53 Å². The van der Waals surface area contributed by atoms with E-state index < -0.39 is 5.41 Å². The van der Waals surface area contributed by atoms with Gasteiger partial charge >= 0.3 is 0 Å². The molecule has 1 N–H and O–H groups in total. The van der Waals surface area contributed by atoms with Crippen LogP contribution in [0.2, 0.25) is 0 Å². The predicted octanol–water partition coefficient (Wildman–Crippen LogP) is 0.909. The number of likely N-dealkylation sites (tertiary alicyclic amines) is 1. The molecule has 2 aliphatic rings. The number of rotatable bonds is 5. The van der Waals surface area contributed by atoms with Crippen LogP contribution in [0.25, 0.3) is 0 Å². The van der Waals surface area contributed by atoms with Crippen LogP contribution in [0.5, 0.6) is 0 Å². The summed E-state index contributed by atoms with van der Waals surface area (Å²) in [6, 6.07) is 2.20. The Labute approximate surface area is 114 Å². The summed E-state index contributed by atoms with van der Waals surface area (Å²) in [6.45, 7) is 5.10. The quantitative estimate of drug-likeness (QED) is 0.750. The van der Waals surface area contributed by atoms with E-state index in [0.29, 0.717) is 32.6 Å². The molecular formula is C14H23N3O2. The van der Waals surface area contributed by atoms with Gasteiger partial charge in [-0.1, -0.05) is 0 Å². The predicted molar refractivity (Wildman–Crippen MR) is 71.4 cm³/mol. The van der Waals surface area contributed by atoms with Gasteiger partial charge in [-0.3, -0.25) is 4.79 Å². The molecule has 0 radical (unpaired) electrons. The number of carbonyl (C=O) groups excluding carboxylic acids is 1. The molecule has 2 aliphatic heterocycles. The molecule has 5 heteroatoms. The third-order valence-corrected chi connectivity index (χ3v) is 4.13. The molecule has 0 aromatic rings. The molecule has 0 saturated carbocycles. The lowest BCUT2D eigenvalue weighted by atomic mass is 9.81. The molecule has 0 bridgehead atoms. The first-order chi connectivity index (χ1) is 9.27. The van der Waals surface area contributed by atoms with Crippen molar-refractivity contribution in [2.45, 2.75) is 32.1 Å². The Morgan fingerprint density at radius 1 is 1.32 bits per heavy atom. The number of amides is 1. The van der Waals surface area contributed by atoms with Crippen molar-refractivity contribution in [3.05, 3.63) is 0 Å². The van der Waals surface area contributed by atoms with Crippen LogP contribution in [0.3, 0.4) is 0 Å². The fourth-order valence-corrected chi connectivity index (χ4v) is 2.79. The van der Waals surface area contributed by atoms with Crippen molar-refractivity contribution in [1.82, 2.24) is 10.2 Å². The first-order valence-corrected chi connectivity index (χ1v) is 7.26. The molecule has 2 fully saturated rings. The van der Waals surface area contributed by atoms with Crippen LogP contribution in [-0.4, -0.2) is 50.2 Å². The molecule has 1 amide bonds. The van der Waals surface area contributed by atoms with Crippen molar-refractivity contribution in [3.8, 4) is 6.07 Å². The molecule has 0 unspecified atom stereocenters. The summed E-state index contributed by atoms with van der Waals surface area (Å²) in [6.07, 6.45) is 4.58. The van der Waals surface area contributed by atoms with Crippen LogP contribution >= 0.6 is 0 Å². The average Bonchev–Trinajstić information content (AvgIpc) is 2.97. The van der Waals surface area contributed by atoms with Gasteiger partial charge < -0.3 is 15.0 Å². The van der Waals surface area contributed by atoms with E-state index in [2.05, 4.69) is 16.3 Å². The number of nitrogens with zero attached hydrogens (tertiary/aromatic N) is 2. The first kappa shape index (κ1) is 14.3. The van der Waals surface area contributed by atoms with Gasteiger partial charge in [0.15, 0.2) is 0 Å². The van der Waals surface area contributed by atoms with Crippen LogP contribution in [0.1, 0.15) is 32.1 Å². The Bertz CT molecular complexity index is 339. The topological polar surface area (TPSA) is 65.4 Å². The molecule has 2 heterocycles. The molecule has 2 saturated heterocycles. The van der Waals surface area contributed by atoms with Crippen LogP contribution in [0, 0.1) is 16.7 Å². The lowest BCUT2D eigenvalue weighted by Gasteiger charge is -2.29. The molecule has 2 rings (SSSR count). The maximum absolute atomic E-state index is 12.1. The Hall–Kier alpha value is -1.12. The summed E-state index contributed by atoms with van der Waals surface area (Å²) in [5, 5.41) is 12.2. The lowest BCUT2D eigenvalue weighted by Crippen LogP contribution is -2.44. The normalized spacial score (nSPS) is 22.9. The number of ether oxygens (including phenoxy) is 1. The van der Waals surface area contributed by atoms with Crippen molar-refractivity contribution in [2.75, 3.05) is 39.4 Å². The van der Waals surface area contributed by atoms with E-state index in [1.54, 1.807) is 0 Å². The second-order valence-corrected chi connectivity index (χ2v) is 5.46. The third kappa shape index (κ3) is 3.68. The van der Waals surface area contributed by atoms with E-state index in [0.717, 1.165) is 13.0 Å². The molecule has 0 aliphatic carbocycles. The maximum atomic E-state index is 12.1. The third-order valence-electron chi connectivity index (χ3n) is 4.13. The van der Waals surface area contributed by atoms with Crippen molar-refractivity contribution < 1.29 is 9.53 Å².